The highest BCUT2D eigenvalue weighted by Gasteiger charge is 2.60. The molecule has 2 aromatic rings. The summed E-state index contributed by atoms with van der Waals surface area (Å²) in [6.45, 7) is 18.4. The van der Waals surface area contributed by atoms with E-state index < -0.39 is 17.1 Å². The van der Waals surface area contributed by atoms with Crippen LogP contribution in [-0.4, -0.2) is 55.5 Å². The number of hydrogen-bond acceptors (Lipinski definition) is 7. The molecule has 8 nitrogen and oxygen atoms in total. The van der Waals surface area contributed by atoms with Gasteiger partial charge < -0.3 is 17.7 Å². The molecule has 4 rings (SSSR count). The molecule has 0 bridgehead atoms. The third-order valence-electron chi connectivity index (χ3n) is 7.08. The first kappa shape index (κ1) is 24.0. The van der Waals surface area contributed by atoms with E-state index in [2.05, 4.69) is 70.3 Å². The maximum Gasteiger partial charge on any atom is 0.335 e. The normalized spacial score (nSPS) is 27.9. The lowest BCUT2D eigenvalue weighted by Gasteiger charge is -2.51. The largest absolute Gasteiger partial charge is 0.414 e. The van der Waals surface area contributed by atoms with Gasteiger partial charge in [0.15, 0.2) is 5.65 Å². The van der Waals surface area contributed by atoms with Crippen molar-refractivity contribution in [1.82, 2.24) is 19.5 Å². The predicted molar refractivity (Wildman–Crippen MR) is 128 cm³/mol. The van der Waals surface area contributed by atoms with Gasteiger partial charge in [-0.05, 0) is 22.2 Å². The first-order chi connectivity index (χ1) is 15.1. The minimum absolute atomic E-state index is 0.0814. The molecule has 0 N–H and O–H groups in total. The van der Waals surface area contributed by atoms with E-state index in [0.29, 0.717) is 28.8 Å². The molecule has 0 aromatic carbocycles. The molecule has 2 fully saturated rings. The SMILES string of the molecule is CC(C)[Si]1(C(C)C)OC[C@H]2O[C@@H](n3cnc4cncnc43)CC2O[Si](C(C)C)(C(C)C)O1. The zero-order valence-corrected chi connectivity index (χ0v) is 22.6. The Hall–Kier alpha value is -1.18. The van der Waals surface area contributed by atoms with Crippen molar-refractivity contribution >= 4 is 28.3 Å². The van der Waals surface area contributed by atoms with Crippen molar-refractivity contribution in [3.05, 3.63) is 18.9 Å². The van der Waals surface area contributed by atoms with E-state index in [1.54, 1.807) is 18.9 Å². The highest BCUT2D eigenvalue weighted by atomic mass is 28.5. The Bertz CT molecular complexity index is 920. The molecule has 32 heavy (non-hydrogen) atoms. The van der Waals surface area contributed by atoms with Gasteiger partial charge in [-0.3, -0.25) is 4.57 Å². The second-order valence-corrected chi connectivity index (χ2v) is 19.2. The molecule has 2 aromatic heterocycles. The Labute approximate surface area is 193 Å². The van der Waals surface area contributed by atoms with Crippen LogP contribution in [0.1, 0.15) is 68.0 Å². The molecular formula is C22H38N4O4Si2. The van der Waals surface area contributed by atoms with Crippen molar-refractivity contribution in [1.29, 1.82) is 0 Å². The zero-order valence-electron chi connectivity index (χ0n) is 20.6. The van der Waals surface area contributed by atoms with Crippen LogP contribution in [0, 0.1) is 0 Å². The minimum atomic E-state index is -2.63. The summed E-state index contributed by atoms with van der Waals surface area (Å²) in [4.78, 5) is 12.9. The van der Waals surface area contributed by atoms with Crippen LogP contribution >= 0.6 is 0 Å². The lowest BCUT2D eigenvalue weighted by atomic mass is 10.2. The van der Waals surface area contributed by atoms with Crippen LogP contribution in [0.4, 0.5) is 0 Å². The maximum atomic E-state index is 7.25. The quantitative estimate of drug-likeness (QED) is 0.555. The monoisotopic (exact) mass is 478 g/mol. The second kappa shape index (κ2) is 8.88. The number of hydrogen-bond donors (Lipinski definition) is 0. The van der Waals surface area contributed by atoms with Crippen LogP contribution in [0.3, 0.4) is 0 Å². The summed E-state index contributed by atoms with van der Waals surface area (Å²) in [5, 5.41) is 0. The first-order valence-corrected chi connectivity index (χ1v) is 15.8. The minimum Gasteiger partial charge on any atom is -0.414 e. The second-order valence-electron chi connectivity index (χ2n) is 10.4. The predicted octanol–water partition coefficient (Wildman–Crippen LogP) is 5.07. The Kier molecular flexibility index (Phi) is 6.65. The molecule has 0 spiro atoms. The molecule has 0 radical (unpaired) electrons. The van der Waals surface area contributed by atoms with E-state index in [0.717, 1.165) is 17.6 Å². The van der Waals surface area contributed by atoms with Gasteiger partial charge in [-0.25, -0.2) is 15.0 Å². The third-order valence-corrected chi connectivity index (χ3v) is 17.4. The summed E-state index contributed by atoms with van der Waals surface area (Å²) < 4.78 is 29.7. The summed E-state index contributed by atoms with van der Waals surface area (Å²) in [5.74, 6) is 0. The summed E-state index contributed by atoms with van der Waals surface area (Å²) in [7, 11) is -5.18. The Morgan fingerprint density at radius 3 is 2.19 bits per heavy atom. The average molecular weight is 479 g/mol. The summed E-state index contributed by atoms with van der Waals surface area (Å²) >= 11 is 0. The Balaban J connectivity index is 1.72. The number of fused-ring (bicyclic) bond motifs is 2. The van der Waals surface area contributed by atoms with Gasteiger partial charge in [0.25, 0.3) is 0 Å². The van der Waals surface area contributed by atoms with Crippen molar-refractivity contribution in [2.45, 2.75) is 102 Å². The van der Waals surface area contributed by atoms with Crippen molar-refractivity contribution in [2.75, 3.05) is 6.61 Å². The number of nitrogens with zero attached hydrogens (tertiary/aromatic N) is 4. The molecular weight excluding hydrogens is 440 g/mol. The molecule has 178 valence electrons. The Morgan fingerprint density at radius 1 is 0.906 bits per heavy atom. The molecule has 1 unspecified atom stereocenters. The highest BCUT2D eigenvalue weighted by Crippen LogP contribution is 2.48. The van der Waals surface area contributed by atoms with Gasteiger partial charge in [-0.1, -0.05) is 55.4 Å². The summed E-state index contributed by atoms with van der Waals surface area (Å²) in [6, 6.07) is 0. The highest BCUT2D eigenvalue weighted by molar-refractivity contribution is 6.83. The van der Waals surface area contributed by atoms with E-state index in [1.165, 1.54) is 0 Å². The fraction of sp³-hybridized carbons (Fsp3) is 0.773. The Morgan fingerprint density at radius 2 is 1.56 bits per heavy atom. The van der Waals surface area contributed by atoms with E-state index in [1.807, 2.05) is 4.57 Å². The standard InChI is InChI=1S/C22H38N4O4Si2/c1-14(2)31(15(3)4)27-11-20-19(29-32(30-31,16(5)6)17(7)8)9-21(28-20)26-13-25-18-10-23-12-24-22(18)26/h10,12-17,19-21H,9,11H2,1-8H3/t19?,20-,21-/m1/s1. The molecule has 2 saturated heterocycles. The van der Waals surface area contributed by atoms with Crippen molar-refractivity contribution in [3.8, 4) is 0 Å². The molecule has 0 amide bonds. The summed E-state index contributed by atoms with van der Waals surface area (Å²) in [6.07, 6.45) is 5.36. The van der Waals surface area contributed by atoms with Gasteiger partial charge in [0.1, 0.15) is 24.2 Å². The number of rotatable bonds is 5. The van der Waals surface area contributed by atoms with Crippen LogP contribution in [0.25, 0.3) is 11.2 Å². The van der Waals surface area contributed by atoms with Crippen LogP contribution in [0.2, 0.25) is 22.2 Å². The summed E-state index contributed by atoms with van der Waals surface area (Å²) in [5.41, 5.74) is 2.78. The van der Waals surface area contributed by atoms with Gasteiger partial charge in [-0.2, -0.15) is 0 Å². The van der Waals surface area contributed by atoms with E-state index in [-0.39, 0.29) is 18.4 Å². The van der Waals surface area contributed by atoms with Gasteiger partial charge in [0.2, 0.25) is 0 Å². The lowest BCUT2D eigenvalue weighted by molar-refractivity contribution is -0.0544. The lowest BCUT2D eigenvalue weighted by Crippen LogP contribution is -2.65. The van der Waals surface area contributed by atoms with Crippen LogP contribution in [0.5, 0.6) is 0 Å². The number of imidazole rings is 1. The smallest absolute Gasteiger partial charge is 0.335 e. The van der Waals surface area contributed by atoms with Crippen LogP contribution in [0.15, 0.2) is 18.9 Å². The third kappa shape index (κ3) is 3.88. The molecule has 2 aliphatic rings. The molecule has 2 aliphatic heterocycles. The fourth-order valence-electron chi connectivity index (χ4n) is 5.30. The topological polar surface area (TPSA) is 80.5 Å². The van der Waals surface area contributed by atoms with E-state index in [9.17, 15) is 0 Å². The molecule has 3 atom stereocenters. The molecule has 0 aliphatic carbocycles. The number of aromatic nitrogens is 4. The van der Waals surface area contributed by atoms with Crippen molar-refractivity contribution in [2.24, 2.45) is 0 Å². The molecule has 4 heterocycles. The first-order valence-electron chi connectivity index (χ1n) is 11.9. The van der Waals surface area contributed by atoms with Gasteiger partial charge in [-0.15, -0.1) is 0 Å². The molecule has 10 heteroatoms. The average Bonchev–Trinajstić information content (AvgIpc) is 3.31. The van der Waals surface area contributed by atoms with E-state index in [4.69, 9.17) is 17.7 Å². The van der Waals surface area contributed by atoms with Gasteiger partial charge in [0.05, 0.1) is 25.2 Å². The number of ether oxygens (including phenoxy) is 1. The zero-order chi connectivity index (χ0) is 23.3. The van der Waals surface area contributed by atoms with Gasteiger partial charge >= 0.3 is 17.1 Å². The van der Waals surface area contributed by atoms with E-state index >= 15 is 0 Å². The van der Waals surface area contributed by atoms with Crippen molar-refractivity contribution < 1.29 is 17.7 Å². The van der Waals surface area contributed by atoms with Gasteiger partial charge in [0, 0.05) is 6.42 Å². The van der Waals surface area contributed by atoms with Crippen LogP contribution < -0.4 is 0 Å². The van der Waals surface area contributed by atoms with Crippen LogP contribution in [-0.2, 0) is 17.7 Å². The maximum absolute atomic E-state index is 7.25. The van der Waals surface area contributed by atoms with Crippen molar-refractivity contribution in [3.63, 3.8) is 0 Å². The molecule has 0 saturated carbocycles. The fourth-order valence-corrected chi connectivity index (χ4v) is 16.5.